The molecule has 0 atom stereocenters. The molecule has 0 radical (unpaired) electrons. The molecule has 1 heterocycles. The lowest BCUT2D eigenvalue weighted by Crippen LogP contribution is -2.27. The molecule has 0 saturated carbocycles. The van der Waals surface area contributed by atoms with E-state index in [0.29, 0.717) is 12.1 Å². The maximum atomic E-state index is 14.1. The van der Waals surface area contributed by atoms with E-state index >= 15 is 0 Å². The topological polar surface area (TPSA) is 20.3 Å². The third kappa shape index (κ3) is 2.71. The molecular weight excluding hydrogens is 241 g/mol. The van der Waals surface area contributed by atoms with E-state index in [1.54, 1.807) is 6.07 Å². The smallest absolute Gasteiger partial charge is 0.179 e. The molecule has 3 heteroatoms. The lowest BCUT2D eigenvalue weighted by Gasteiger charge is -2.18. The van der Waals surface area contributed by atoms with Crippen LogP contribution in [0.25, 0.3) is 0 Å². The number of Topliss-reactive ketones (excluding diaryl/α,β-unsaturated/α-hetero) is 1. The van der Waals surface area contributed by atoms with E-state index in [1.807, 2.05) is 6.07 Å². The van der Waals surface area contributed by atoms with Crippen LogP contribution in [0, 0.1) is 5.82 Å². The van der Waals surface area contributed by atoms with Gasteiger partial charge in [-0.2, -0.15) is 0 Å². The van der Waals surface area contributed by atoms with Crippen molar-refractivity contribution in [2.24, 2.45) is 0 Å². The highest BCUT2D eigenvalue weighted by atomic mass is 19.1. The summed E-state index contributed by atoms with van der Waals surface area (Å²) in [5.74, 6) is -0.391. The van der Waals surface area contributed by atoms with Gasteiger partial charge in [-0.3, -0.25) is 9.69 Å². The van der Waals surface area contributed by atoms with E-state index in [9.17, 15) is 9.18 Å². The fourth-order valence-electron chi connectivity index (χ4n) is 3.20. The van der Waals surface area contributed by atoms with Crippen LogP contribution < -0.4 is 0 Å². The van der Waals surface area contributed by atoms with Crippen molar-refractivity contribution < 1.29 is 9.18 Å². The highest BCUT2D eigenvalue weighted by molar-refractivity contribution is 5.98. The lowest BCUT2D eigenvalue weighted by atomic mass is 9.89. The third-order valence-electron chi connectivity index (χ3n) is 4.30. The number of carbonyl (C=O) groups is 1. The summed E-state index contributed by atoms with van der Waals surface area (Å²) in [6.45, 7) is 2.31. The fraction of sp³-hybridized carbons (Fsp3) is 0.562. The van der Waals surface area contributed by atoms with Gasteiger partial charge in [-0.1, -0.05) is 0 Å². The van der Waals surface area contributed by atoms with E-state index in [0.717, 1.165) is 57.2 Å². The van der Waals surface area contributed by atoms with Crippen molar-refractivity contribution in [3.63, 3.8) is 0 Å². The van der Waals surface area contributed by atoms with Gasteiger partial charge in [0.2, 0.25) is 0 Å². The number of benzene rings is 1. The highest BCUT2D eigenvalue weighted by Gasteiger charge is 2.21. The molecule has 19 heavy (non-hydrogen) atoms. The number of nitrogens with zero attached hydrogens (tertiary/aromatic N) is 1. The first-order chi connectivity index (χ1) is 9.24. The molecule has 2 nitrogen and oxygen atoms in total. The molecule has 0 amide bonds. The monoisotopic (exact) mass is 261 g/mol. The predicted octanol–water partition coefficient (Wildman–Crippen LogP) is 2.98. The Kier molecular flexibility index (Phi) is 3.65. The van der Waals surface area contributed by atoms with E-state index in [-0.39, 0.29) is 11.6 Å². The molecule has 0 unspecified atom stereocenters. The van der Waals surface area contributed by atoms with Gasteiger partial charge in [0.15, 0.2) is 5.78 Å². The van der Waals surface area contributed by atoms with Gasteiger partial charge in [0, 0.05) is 0 Å². The van der Waals surface area contributed by atoms with Crippen LogP contribution in [0.15, 0.2) is 12.1 Å². The zero-order valence-corrected chi connectivity index (χ0v) is 11.3. The average Bonchev–Trinajstić information content (AvgIpc) is 2.90. The second-order valence-corrected chi connectivity index (χ2v) is 5.71. The van der Waals surface area contributed by atoms with E-state index < -0.39 is 0 Å². The minimum atomic E-state index is -0.329. The van der Waals surface area contributed by atoms with Gasteiger partial charge in [-0.15, -0.1) is 0 Å². The summed E-state index contributed by atoms with van der Waals surface area (Å²) in [4.78, 5) is 14.4. The van der Waals surface area contributed by atoms with E-state index in [1.165, 1.54) is 5.56 Å². The molecular formula is C16H20FNO. The van der Waals surface area contributed by atoms with Gasteiger partial charge in [-0.25, -0.2) is 4.39 Å². The second kappa shape index (κ2) is 5.41. The van der Waals surface area contributed by atoms with Crippen LogP contribution in [0.1, 0.15) is 47.2 Å². The van der Waals surface area contributed by atoms with Crippen LogP contribution in [-0.2, 0) is 12.8 Å². The summed E-state index contributed by atoms with van der Waals surface area (Å²) in [5, 5.41) is 0. The van der Waals surface area contributed by atoms with Crippen molar-refractivity contribution in [2.75, 3.05) is 19.6 Å². The molecule has 1 aromatic rings. The number of carbonyl (C=O) groups excluding carboxylic acids is 1. The minimum Gasteiger partial charge on any atom is -0.296 e. The van der Waals surface area contributed by atoms with Crippen LogP contribution in [0.5, 0.6) is 0 Å². The Morgan fingerprint density at radius 2 is 1.68 bits per heavy atom. The Balaban J connectivity index is 1.81. The molecule has 0 spiro atoms. The summed E-state index contributed by atoms with van der Waals surface area (Å²) in [6, 6.07) is 3.40. The number of halogens is 1. The van der Waals surface area contributed by atoms with Gasteiger partial charge in [0.1, 0.15) is 5.82 Å². The number of fused-ring (bicyclic) bond motifs is 1. The van der Waals surface area contributed by atoms with Crippen LogP contribution in [-0.4, -0.2) is 30.3 Å². The Labute approximate surface area is 113 Å². The molecule has 2 aliphatic rings. The molecule has 102 valence electrons. The Morgan fingerprint density at radius 3 is 2.37 bits per heavy atom. The lowest BCUT2D eigenvalue weighted by molar-refractivity contribution is 0.0941. The van der Waals surface area contributed by atoms with Gasteiger partial charge in [0.05, 0.1) is 12.1 Å². The first kappa shape index (κ1) is 12.8. The van der Waals surface area contributed by atoms with Crippen LogP contribution in [0.2, 0.25) is 0 Å². The van der Waals surface area contributed by atoms with Crippen LogP contribution in [0.4, 0.5) is 4.39 Å². The predicted molar refractivity (Wildman–Crippen MR) is 73.0 cm³/mol. The molecule has 1 aliphatic heterocycles. The average molecular weight is 261 g/mol. The highest BCUT2D eigenvalue weighted by Crippen LogP contribution is 2.25. The number of hydrogen-bond acceptors (Lipinski definition) is 2. The summed E-state index contributed by atoms with van der Waals surface area (Å²) >= 11 is 0. The number of likely N-dealkylation sites (tertiary alicyclic amines) is 1. The summed E-state index contributed by atoms with van der Waals surface area (Å²) < 4.78 is 14.1. The van der Waals surface area contributed by atoms with Crippen molar-refractivity contribution in [3.8, 4) is 0 Å². The standard InChI is InChI=1S/C16H20FNO/c17-15-10-13-6-2-1-5-12(13)9-14(15)16(19)11-18-7-3-4-8-18/h9-10H,1-8,11H2. The molecule has 1 fully saturated rings. The van der Waals surface area contributed by atoms with Crippen molar-refractivity contribution >= 4 is 5.78 Å². The van der Waals surface area contributed by atoms with Gasteiger partial charge in [-0.05, 0) is 74.9 Å². The van der Waals surface area contributed by atoms with Gasteiger partial charge < -0.3 is 0 Å². The normalized spacial score (nSPS) is 19.4. The largest absolute Gasteiger partial charge is 0.296 e. The molecule has 0 aromatic heterocycles. The molecule has 0 bridgehead atoms. The summed E-state index contributed by atoms with van der Waals surface area (Å²) in [6.07, 6.45) is 6.53. The molecule has 0 N–H and O–H groups in total. The molecule has 1 aromatic carbocycles. The van der Waals surface area contributed by atoms with Crippen molar-refractivity contribution in [1.82, 2.24) is 4.90 Å². The zero-order chi connectivity index (χ0) is 13.2. The summed E-state index contributed by atoms with van der Waals surface area (Å²) in [5.41, 5.74) is 2.58. The quantitative estimate of drug-likeness (QED) is 0.780. The first-order valence-corrected chi connectivity index (χ1v) is 7.31. The van der Waals surface area contributed by atoms with Crippen LogP contribution in [0.3, 0.4) is 0 Å². The zero-order valence-electron chi connectivity index (χ0n) is 11.3. The van der Waals surface area contributed by atoms with Crippen LogP contribution >= 0.6 is 0 Å². The van der Waals surface area contributed by atoms with Crippen molar-refractivity contribution in [3.05, 3.63) is 34.6 Å². The Bertz CT molecular complexity index is 492. The minimum absolute atomic E-state index is 0.0622. The van der Waals surface area contributed by atoms with Gasteiger partial charge in [0.25, 0.3) is 0 Å². The molecule has 3 rings (SSSR count). The first-order valence-electron chi connectivity index (χ1n) is 7.31. The Morgan fingerprint density at radius 1 is 1.05 bits per heavy atom. The SMILES string of the molecule is O=C(CN1CCCC1)c1cc2c(cc1F)CCCC2. The van der Waals surface area contributed by atoms with E-state index in [4.69, 9.17) is 0 Å². The number of rotatable bonds is 3. The number of hydrogen-bond donors (Lipinski definition) is 0. The number of aryl methyl sites for hydroxylation is 2. The second-order valence-electron chi connectivity index (χ2n) is 5.71. The Hall–Kier alpha value is -1.22. The third-order valence-corrected chi connectivity index (χ3v) is 4.30. The van der Waals surface area contributed by atoms with Crippen molar-refractivity contribution in [2.45, 2.75) is 38.5 Å². The molecule has 1 aliphatic carbocycles. The maximum absolute atomic E-state index is 14.1. The summed E-state index contributed by atoms with van der Waals surface area (Å²) in [7, 11) is 0. The fourth-order valence-corrected chi connectivity index (χ4v) is 3.20. The van der Waals surface area contributed by atoms with Crippen molar-refractivity contribution in [1.29, 1.82) is 0 Å². The van der Waals surface area contributed by atoms with E-state index in [2.05, 4.69) is 4.90 Å². The molecule has 1 saturated heterocycles. The van der Waals surface area contributed by atoms with Gasteiger partial charge >= 0.3 is 0 Å². The number of ketones is 1. The maximum Gasteiger partial charge on any atom is 0.179 e.